The van der Waals surface area contributed by atoms with Crippen molar-refractivity contribution in [1.29, 1.82) is 5.26 Å². The lowest BCUT2D eigenvalue weighted by Gasteiger charge is -2.08. The van der Waals surface area contributed by atoms with Gasteiger partial charge in [0.15, 0.2) is 0 Å². The number of nitrogens with zero attached hydrogens (tertiary/aromatic N) is 2. The third-order valence-electron chi connectivity index (χ3n) is 1.45. The summed E-state index contributed by atoms with van der Waals surface area (Å²) in [7, 11) is 0. The van der Waals surface area contributed by atoms with Crippen LogP contribution in [0.2, 0.25) is 0 Å². The van der Waals surface area contributed by atoms with Crippen LogP contribution in [-0.4, -0.2) is 22.4 Å². The summed E-state index contributed by atoms with van der Waals surface area (Å²) in [5, 5.41) is 17.1. The van der Waals surface area contributed by atoms with Crippen molar-refractivity contribution in [3.63, 3.8) is 0 Å². The molecule has 0 atom stereocenters. The van der Waals surface area contributed by atoms with Crippen LogP contribution < -0.4 is 4.74 Å². The molecule has 1 aromatic heterocycles. The Kier molecular flexibility index (Phi) is 2.99. The number of alkyl halides is 3. The Morgan fingerprint density at radius 1 is 1.56 bits per heavy atom. The summed E-state index contributed by atoms with van der Waals surface area (Å²) in [6.45, 7) is 0. The number of ether oxygens (including phenoxy) is 1. The van der Waals surface area contributed by atoms with Gasteiger partial charge in [0.2, 0.25) is 5.88 Å². The molecule has 0 saturated carbocycles. The smallest absolute Gasteiger partial charge is 0.478 e. The van der Waals surface area contributed by atoms with Gasteiger partial charge >= 0.3 is 12.3 Å². The number of nitriles is 1. The van der Waals surface area contributed by atoms with Gasteiger partial charge in [-0.2, -0.15) is 5.26 Å². The first kappa shape index (κ1) is 11.8. The Balaban J connectivity index is 3.14. The van der Waals surface area contributed by atoms with E-state index in [9.17, 15) is 18.0 Å². The number of halogens is 3. The maximum absolute atomic E-state index is 11.8. The molecule has 16 heavy (non-hydrogen) atoms. The van der Waals surface area contributed by atoms with E-state index in [4.69, 9.17) is 10.4 Å². The Bertz CT molecular complexity index is 465. The minimum atomic E-state index is -4.96. The van der Waals surface area contributed by atoms with Crippen molar-refractivity contribution in [2.24, 2.45) is 0 Å². The van der Waals surface area contributed by atoms with Crippen LogP contribution in [0.5, 0.6) is 5.88 Å². The molecule has 0 unspecified atom stereocenters. The molecule has 0 spiro atoms. The van der Waals surface area contributed by atoms with E-state index in [1.807, 2.05) is 0 Å². The van der Waals surface area contributed by atoms with Crippen LogP contribution >= 0.6 is 0 Å². The van der Waals surface area contributed by atoms with Gasteiger partial charge in [0, 0.05) is 12.3 Å². The molecule has 0 aliphatic carbocycles. The zero-order chi connectivity index (χ0) is 12.3. The Labute approximate surface area is 86.7 Å². The van der Waals surface area contributed by atoms with Crippen LogP contribution in [-0.2, 0) is 0 Å². The molecule has 0 aromatic carbocycles. The minimum Gasteiger partial charge on any atom is -0.478 e. The molecule has 0 amide bonds. The lowest BCUT2D eigenvalue weighted by Crippen LogP contribution is -2.18. The van der Waals surface area contributed by atoms with E-state index in [1.54, 1.807) is 0 Å². The van der Waals surface area contributed by atoms with Crippen LogP contribution in [0.15, 0.2) is 12.3 Å². The summed E-state index contributed by atoms with van der Waals surface area (Å²) in [4.78, 5) is 13.7. The number of aromatic nitrogens is 1. The van der Waals surface area contributed by atoms with Gasteiger partial charge in [0.25, 0.3) is 0 Å². The van der Waals surface area contributed by atoms with Crippen LogP contribution in [0, 0.1) is 11.3 Å². The van der Waals surface area contributed by atoms with E-state index in [2.05, 4.69) is 9.72 Å². The number of rotatable bonds is 2. The van der Waals surface area contributed by atoms with Gasteiger partial charge < -0.3 is 9.84 Å². The van der Waals surface area contributed by atoms with Gasteiger partial charge in [-0.15, -0.1) is 13.2 Å². The number of hydrogen-bond acceptors (Lipinski definition) is 4. The molecular formula is C8H3F3N2O3. The molecule has 1 rings (SSSR count). The van der Waals surface area contributed by atoms with Crippen LogP contribution in [0.4, 0.5) is 13.2 Å². The van der Waals surface area contributed by atoms with Crippen molar-refractivity contribution in [1.82, 2.24) is 4.98 Å². The predicted molar refractivity (Wildman–Crippen MR) is 42.6 cm³/mol. The van der Waals surface area contributed by atoms with Crippen molar-refractivity contribution in [3.05, 3.63) is 23.4 Å². The topological polar surface area (TPSA) is 83.2 Å². The zero-order valence-electron chi connectivity index (χ0n) is 7.45. The van der Waals surface area contributed by atoms with Crippen molar-refractivity contribution < 1.29 is 27.8 Å². The van der Waals surface area contributed by atoms with Crippen LogP contribution in [0.1, 0.15) is 15.9 Å². The molecule has 0 aliphatic heterocycles. The fraction of sp³-hybridized carbons (Fsp3) is 0.125. The second kappa shape index (κ2) is 4.06. The molecule has 84 valence electrons. The fourth-order valence-corrected chi connectivity index (χ4v) is 0.877. The van der Waals surface area contributed by atoms with Gasteiger partial charge in [-0.3, -0.25) is 0 Å². The summed E-state index contributed by atoms with van der Waals surface area (Å²) in [6.07, 6.45) is -4.26. The highest BCUT2D eigenvalue weighted by atomic mass is 19.4. The third-order valence-corrected chi connectivity index (χ3v) is 1.45. The van der Waals surface area contributed by atoms with E-state index >= 15 is 0 Å². The molecule has 0 fully saturated rings. The first-order valence-electron chi connectivity index (χ1n) is 3.72. The van der Waals surface area contributed by atoms with Gasteiger partial charge in [0.05, 0.1) is 11.1 Å². The second-order valence-electron chi connectivity index (χ2n) is 2.53. The quantitative estimate of drug-likeness (QED) is 0.836. The van der Waals surface area contributed by atoms with E-state index in [1.165, 1.54) is 6.07 Å². The lowest BCUT2D eigenvalue weighted by molar-refractivity contribution is -0.276. The summed E-state index contributed by atoms with van der Waals surface area (Å²) < 4.78 is 38.8. The summed E-state index contributed by atoms with van der Waals surface area (Å²) in [6, 6.07) is 2.02. The maximum Gasteiger partial charge on any atom is 0.574 e. The highest BCUT2D eigenvalue weighted by Crippen LogP contribution is 2.22. The first-order chi connectivity index (χ1) is 7.33. The van der Waals surface area contributed by atoms with Crippen LogP contribution in [0.3, 0.4) is 0 Å². The van der Waals surface area contributed by atoms with E-state index in [0.717, 1.165) is 0 Å². The van der Waals surface area contributed by atoms with Crippen molar-refractivity contribution in [2.75, 3.05) is 0 Å². The standard InChI is InChI=1S/C8H3F3N2O3/c9-8(10,11)16-6-1-5(7(14)15)4(2-12)3-13-6/h1,3H,(H,14,15). The number of pyridine rings is 1. The normalized spacial score (nSPS) is 10.6. The molecule has 0 aliphatic rings. The molecule has 1 heterocycles. The first-order valence-corrected chi connectivity index (χ1v) is 3.72. The third kappa shape index (κ3) is 2.84. The largest absolute Gasteiger partial charge is 0.574 e. The second-order valence-corrected chi connectivity index (χ2v) is 2.53. The number of carbonyl (C=O) groups is 1. The molecule has 5 nitrogen and oxygen atoms in total. The molecule has 8 heteroatoms. The highest BCUT2D eigenvalue weighted by molar-refractivity contribution is 5.90. The predicted octanol–water partition coefficient (Wildman–Crippen LogP) is 1.55. The van der Waals surface area contributed by atoms with E-state index in [-0.39, 0.29) is 5.56 Å². The van der Waals surface area contributed by atoms with Gasteiger partial charge in [0.1, 0.15) is 6.07 Å². The maximum atomic E-state index is 11.8. The number of aromatic carboxylic acids is 1. The Morgan fingerprint density at radius 3 is 2.62 bits per heavy atom. The molecule has 0 saturated heterocycles. The number of carboxylic acids is 1. The van der Waals surface area contributed by atoms with Crippen molar-refractivity contribution in [2.45, 2.75) is 6.36 Å². The number of carboxylic acid groups (broad SMARTS) is 1. The molecule has 1 N–H and O–H groups in total. The SMILES string of the molecule is N#Cc1cnc(OC(F)(F)F)cc1C(=O)O. The highest BCUT2D eigenvalue weighted by Gasteiger charge is 2.32. The summed E-state index contributed by atoms with van der Waals surface area (Å²) in [5.41, 5.74) is -0.946. The minimum absolute atomic E-state index is 0.345. The summed E-state index contributed by atoms with van der Waals surface area (Å²) >= 11 is 0. The van der Waals surface area contributed by atoms with Crippen LogP contribution in [0.25, 0.3) is 0 Å². The number of hydrogen-bond donors (Lipinski definition) is 1. The molecule has 1 aromatic rings. The Hall–Kier alpha value is -2.30. The van der Waals surface area contributed by atoms with E-state index in [0.29, 0.717) is 12.3 Å². The van der Waals surface area contributed by atoms with Gasteiger partial charge in [-0.05, 0) is 0 Å². The molecule has 0 radical (unpaired) electrons. The lowest BCUT2D eigenvalue weighted by atomic mass is 10.1. The van der Waals surface area contributed by atoms with Gasteiger partial charge in [-0.25, -0.2) is 9.78 Å². The monoisotopic (exact) mass is 232 g/mol. The van der Waals surface area contributed by atoms with Crippen molar-refractivity contribution >= 4 is 5.97 Å². The average Bonchev–Trinajstić information content (AvgIpc) is 2.15. The average molecular weight is 232 g/mol. The van der Waals surface area contributed by atoms with Crippen molar-refractivity contribution in [3.8, 4) is 11.9 Å². The fourth-order valence-electron chi connectivity index (χ4n) is 0.877. The Morgan fingerprint density at radius 2 is 2.19 bits per heavy atom. The molecule has 0 bridgehead atoms. The summed E-state index contributed by atoms with van der Waals surface area (Å²) in [5.74, 6) is -2.46. The molecular weight excluding hydrogens is 229 g/mol. The van der Waals surface area contributed by atoms with Gasteiger partial charge in [-0.1, -0.05) is 0 Å². The van der Waals surface area contributed by atoms with E-state index < -0.39 is 23.8 Å². The zero-order valence-corrected chi connectivity index (χ0v) is 7.45.